The fraction of sp³-hybridized carbons (Fsp3) is 0.958. The molecule has 3 heteroatoms. The van der Waals surface area contributed by atoms with E-state index in [0.717, 1.165) is 24.7 Å². The van der Waals surface area contributed by atoms with Gasteiger partial charge in [0.1, 0.15) is 0 Å². The van der Waals surface area contributed by atoms with Gasteiger partial charge in [0.05, 0.1) is 11.5 Å². The van der Waals surface area contributed by atoms with E-state index in [1.165, 1.54) is 32.1 Å². The average Bonchev–Trinajstić information content (AvgIpc) is 2.55. The molecule has 0 radical (unpaired) electrons. The van der Waals surface area contributed by atoms with Crippen LogP contribution in [0.25, 0.3) is 0 Å². The van der Waals surface area contributed by atoms with Gasteiger partial charge in [-0.25, -0.2) is 0 Å². The van der Waals surface area contributed by atoms with Crippen molar-refractivity contribution in [3.8, 4) is 0 Å². The molecule has 0 heterocycles. The second kappa shape index (κ2) is 7.35. The maximum Gasteiger partial charge on any atom is 0.314 e. The predicted molar refractivity (Wildman–Crippen MR) is 109 cm³/mol. The first kappa shape index (κ1) is 21.1. The van der Waals surface area contributed by atoms with E-state index in [4.69, 9.17) is 9.47 Å². The number of hydrogen-bond acceptors (Lipinski definition) is 3. The molecule has 0 aromatic carbocycles. The molecule has 4 rings (SSSR count). The van der Waals surface area contributed by atoms with Crippen LogP contribution in [-0.2, 0) is 14.3 Å². The van der Waals surface area contributed by atoms with Crippen LogP contribution < -0.4 is 0 Å². The van der Waals surface area contributed by atoms with Crippen LogP contribution in [0.15, 0.2) is 0 Å². The molecule has 0 aromatic heterocycles. The predicted octanol–water partition coefficient (Wildman–Crippen LogP) is 6.21. The fourth-order valence-electron chi connectivity index (χ4n) is 6.20. The molecule has 4 aliphatic rings. The van der Waals surface area contributed by atoms with Crippen LogP contribution in [0.5, 0.6) is 0 Å². The van der Waals surface area contributed by atoms with Crippen LogP contribution in [0.3, 0.4) is 0 Å². The summed E-state index contributed by atoms with van der Waals surface area (Å²) < 4.78 is 12.0. The molecule has 0 aliphatic heterocycles. The molecule has 156 valence electrons. The Kier molecular flexibility index (Phi) is 5.76. The van der Waals surface area contributed by atoms with Crippen LogP contribution in [-0.4, -0.2) is 18.9 Å². The molecule has 4 saturated carbocycles. The molecule has 3 nitrogen and oxygen atoms in total. The minimum absolute atomic E-state index is 0.0969. The third-order valence-electron chi connectivity index (χ3n) is 8.49. The minimum atomic E-state index is -0.514. The van der Waals surface area contributed by atoms with Crippen LogP contribution in [0.2, 0.25) is 0 Å². The Bertz CT molecular complexity index is 516. The molecule has 0 spiro atoms. The Morgan fingerprint density at radius 1 is 0.889 bits per heavy atom. The van der Waals surface area contributed by atoms with E-state index in [0.29, 0.717) is 17.9 Å². The van der Waals surface area contributed by atoms with Gasteiger partial charge in [-0.15, -0.1) is 0 Å². The van der Waals surface area contributed by atoms with Gasteiger partial charge in [-0.1, -0.05) is 48.0 Å². The first-order valence-electron chi connectivity index (χ1n) is 11.2. The smallest absolute Gasteiger partial charge is 0.314 e. The summed E-state index contributed by atoms with van der Waals surface area (Å²) in [4.78, 5) is 13.2. The fourth-order valence-corrected chi connectivity index (χ4v) is 6.20. The number of rotatable bonds is 7. The van der Waals surface area contributed by atoms with Crippen molar-refractivity contribution in [3.05, 3.63) is 0 Å². The van der Waals surface area contributed by atoms with E-state index in [1.54, 1.807) is 0 Å². The molecular weight excluding hydrogens is 336 g/mol. The Labute approximate surface area is 167 Å². The summed E-state index contributed by atoms with van der Waals surface area (Å²) in [5.74, 6) is 3.19. The SMILES string of the molecule is CCC(C)(C)CC(C)(C(=O)OCOC1C2CC3CC(C2)CC1C3)C(C)(C)C. The number of carbonyl (C=O) groups is 1. The molecule has 1 unspecified atom stereocenters. The minimum Gasteiger partial charge on any atom is -0.438 e. The Morgan fingerprint density at radius 2 is 1.41 bits per heavy atom. The van der Waals surface area contributed by atoms with Gasteiger partial charge in [0, 0.05) is 0 Å². The standard InChI is InChI=1S/C24H42O3/c1-8-23(5,6)14-24(7,22(2,3)4)21(25)27-15-26-20-18-10-16-9-17(12-18)13-19(20)11-16/h16-20H,8-15H2,1-7H3. The summed E-state index contributed by atoms with van der Waals surface area (Å²) >= 11 is 0. The first-order chi connectivity index (χ1) is 12.4. The summed E-state index contributed by atoms with van der Waals surface area (Å²) in [7, 11) is 0. The third-order valence-corrected chi connectivity index (χ3v) is 8.49. The molecular formula is C24H42O3. The van der Waals surface area contributed by atoms with Gasteiger partial charge >= 0.3 is 5.97 Å². The third kappa shape index (κ3) is 4.23. The van der Waals surface area contributed by atoms with E-state index in [9.17, 15) is 4.79 Å². The highest BCUT2D eigenvalue weighted by Gasteiger charge is 2.50. The normalized spacial score (nSPS) is 35.1. The van der Waals surface area contributed by atoms with E-state index >= 15 is 0 Å². The largest absolute Gasteiger partial charge is 0.438 e. The van der Waals surface area contributed by atoms with Crippen molar-refractivity contribution in [1.29, 1.82) is 0 Å². The van der Waals surface area contributed by atoms with Crippen molar-refractivity contribution in [1.82, 2.24) is 0 Å². The number of ether oxygens (including phenoxy) is 2. The van der Waals surface area contributed by atoms with E-state index in [2.05, 4.69) is 48.5 Å². The topological polar surface area (TPSA) is 35.5 Å². The summed E-state index contributed by atoms with van der Waals surface area (Å²) in [5, 5.41) is 0. The average molecular weight is 379 g/mol. The molecule has 1 atom stereocenters. The van der Waals surface area contributed by atoms with Crippen molar-refractivity contribution >= 4 is 5.97 Å². The van der Waals surface area contributed by atoms with Gasteiger partial charge in [0.2, 0.25) is 0 Å². The summed E-state index contributed by atoms with van der Waals surface area (Å²) in [6.07, 6.45) is 8.97. The maximum absolute atomic E-state index is 13.2. The zero-order valence-electron chi connectivity index (χ0n) is 18.8. The molecule has 0 N–H and O–H groups in total. The molecule has 4 fully saturated rings. The number of hydrogen-bond donors (Lipinski definition) is 0. The maximum atomic E-state index is 13.2. The van der Waals surface area contributed by atoms with Gasteiger partial charge in [0.25, 0.3) is 0 Å². The molecule has 4 aliphatic carbocycles. The number of carbonyl (C=O) groups excluding carboxylic acids is 1. The van der Waals surface area contributed by atoms with Crippen LogP contribution in [0, 0.1) is 39.9 Å². The molecule has 0 saturated heterocycles. The van der Waals surface area contributed by atoms with Crippen LogP contribution >= 0.6 is 0 Å². The van der Waals surface area contributed by atoms with Crippen molar-refractivity contribution < 1.29 is 14.3 Å². The Hall–Kier alpha value is -0.570. The zero-order chi connectivity index (χ0) is 20.0. The quantitative estimate of drug-likeness (QED) is 0.390. The lowest BCUT2D eigenvalue weighted by Gasteiger charge is -2.53. The van der Waals surface area contributed by atoms with Gasteiger partial charge in [0.15, 0.2) is 6.79 Å². The molecule has 0 amide bonds. The second-order valence-corrected chi connectivity index (χ2v) is 11.9. The first-order valence-corrected chi connectivity index (χ1v) is 11.2. The van der Waals surface area contributed by atoms with Crippen LogP contribution in [0.4, 0.5) is 0 Å². The van der Waals surface area contributed by atoms with E-state index < -0.39 is 5.41 Å². The zero-order valence-corrected chi connectivity index (χ0v) is 18.8. The molecule has 27 heavy (non-hydrogen) atoms. The Balaban J connectivity index is 1.58. The van der Waals surface area contributed by atoms with E-state index in [-0.39, 0.29) is 23.6 Å². The summed E-state index contributed by atoms with van der Waals surface area (Å²) in [6, 6.07) is 0. The molecule has 4 bridgehead atoms. The van der Waals surface area contributed by atoms with E-state index in [1.807, 2.05) is 0 Å². The van der Waals surface area contributed by atoms with Crippen molar-refractivity contribution in [2.45, 2.75) is 99.5 Å². The molecule has 0 aromatic rings. The van der Waals surface area contributed by atoms with Gasteiger partial charge in [-0.3, -0.25) is 4.79 Å². The lowest BCUT2D eigenvalue weighted by molar-refractivity contribution is -0.199. The van der Waals surface area contributed by atoms with Gasteiger partial charge in [-0.05, 0) is 80.0 Å². The monoisotopic (exact) mass is 378 g/mol. The summed E-state index contributed by atoms with van der Waals surface area (Å²) in [5.41, 5.74) is -0.553. The number of esters is 1. The van der Waals surface area contributed by atoms with Crippen molar-refractivity contribution in [3.63, 3.8) is 0 Å². The second-order valence-electron chi connectivity index (χ2n) is 11.9. The van der Waals surface area contributed by atoms with Gasteiger partial charge < -0.3 is 9.47 Å². The lowest BCUT2D eigenvalue weighted by Crippen LogP contribution is -2.50. The van der Waals surface area contributed by atoms with Crippen LogP contribution in [0.1, 0.15) is 93.4 Å². The highest BCUT2D eigenvalue weighted by Crippen LogP contribution is 2.54. The van der Waals surface area contributed by atoms with Crippen molar-refractivity contribution in [2.75, 3.05) is 6.79 Å². The van der Waals surface area contributed by atoms with Gasteiger partial charge in [-0.2, -0.15) is 0 Å². The lowest BCUT2D eigenvalue weighted by atomic mass is 9.55. The van der Waals surface area contributed by atoms with Crippen molar-refractivity contribution in [2.24, 2.45) is 39.9 Å². The summed E-state index contributed by atoms with van der Waals surface area (Å²) in [6.45, 7) is 15.4. The highest BCUT2D eigenvalue weighted by molar-refractivity contribution is 5.77. The highest BCUT2D eigenvalue weighted by atomic mass is 16.7. The Morgan fingerprint density at radius 3 is 1.85 bits per heavy atom.